The molecule has 0 amide bonds. The van der Waals surface area contributed by atoms with Crippen molar-refractivity contribution in [3.63, 3.8) is 0 Å². The summed E-state index contributed by atoms with van der Waals surface area (Å²) in [4.78, 5) is 1.15. The predicted molar refractivity (Wildman–Crippen MR) is 83.0 cm³/mol. The zero-order valence-corrected chi connectivity index (χ0v) is 12.7. The Hall–Kier alpha value is -1.03. The molecule has 0 aliphatic heterocycles. The van der Waals surface area contributed by atoms with E-state index in [1.54, 1.807) is 23.9 Å². The molecular formula is C16H16ClFOS. The summed E-state index contributed by atoms with van der Waals surface area (Å²) in [6.45, 7) is 2.04. The smallest absolute Gasteiger partial charge is 0.142 e. The van der Waals surface area contributed by atoms with Gasteiger partial charge in [-0.1, -0.05) is 41.9 Å². The average Bonchev–Trinajstić information content (AvgIpc) is 2.43. The van der Waals surface area contributed by atoms with Gasteiger partial charge < -0.3 is 5.11 Å². The fourth-order valence-electron chi connectivity index (χ4n) is 1.92. The summed E-state index contributed by atoms with van der Waals surface area (Å²) in [6.07, 6.45) is -0.200. The van der Waals surface area contributed by atoms with Gasteiger partial charge in [-0.05, 0) is 30.2 Å². The molecule has 2 aromatic carbocycles. The fraction of sp³-hybridized carbons (Fsp3) is 0.250. The minimum absolute atomic E-state index is 0.104. The van der Waals surface area contributed by atoms with Gasteiger partial charge in [0.25, 0.3) is 0 Å². The Balaban J connectivity index is 1.94. The zero-order valence-electron chi connectivity index (χ0n) is 11.1. The van der Waals surface area contributed by atoms with E-state index < -0.39 is 11.9 Å². The number of thioether (sulfide) groups is 1. The van der Waals surface area contributed by atoms with E-state index in [0.29, 0.717) is 17.7 Å². The monoisotopic (exact) mass is 310 g/mol. The molecule has 0 bridgehead atoms. The third-order valence-corrected chi connectivity index (χ3v) is 4.76. The second-order valence-corrected chi connectivity index (χ2v) is 6.09. The third kappa shape index (κ3) is 3.98. The molecule has 0 aliphatic rings. The summed E-state index contributed by atoms with van der Waals surface area (Å²) in [5.41, 5.74) is 1.83. The quantitative estimate of drug-likeness (QED) is 0.822. The normalized spacial score (nSPS) is 12.4. The molecule has 20 heavy (non-hydrogen) atoms. The van der Waals surface area contributed by atoms with E-state index in [1.807, 2.05) is 31.2 Å². The first-order valence-electron chi connectivity index (χ1n) is 6.37. The van der Waals surface area contributed by atoms with Crippen LogP contribution in [-0.4, -0.2) is 17.0 Å². The van der Waals surface area contributed by atoms with Crippen molar-refractivity contribution in [1.82, 2.24) is 0 Å². The predicted octanol–water partition coefficient (Wildman–Crippen LogP) is 4.48. The molecule has 0 fully saturated rings. The largest absolute Gasteiger partial charge is 0.392 e. The Morgan fingerprint density at radius 2 is 1.95 bits per heavy atom. The molecule has 0 spiro atoms. The van der Waals surface area contributed by atoms with Crippen molar-refractivity contribution in [2.45, 2.75) is 24.3 Å². The minimum Gasteiger partial charge on any atom is -0.392 e. The highest BCUT2D eigenvalue weighted by molar-refractivity contribution is 7.99. The number of rotatable bonds is 5. The van der Waals surface area contributed by atoms with Crippen LogP contribution in [0.3, 0.4) is 0 Å². The Kier molecular flexibility index (Phi) is 5.46. The highest BCUT2D eigenvalue weighted by Gasteiger charge is 2.12. The van der Waals surface area contributed by atoms with Gasteiger partial charge in [0.1, 0.15) is 5.82 Å². The van der Waals surface area contributed by atoms with Crippen LogP contribution in [0.2, 0.25) is 5.02 Å². The minimum atomic E-state index is -0.557. The van der Waals surface area contributed by atoms with E-state index in [9.17, 15) is 9.50 Å². The van der Waals surface area contributed by atoms with Crippen molar-refractivity contribution in [2.75, 3.05) is 5.75 Å². The van der Waals surface area contributed by atoms with Crippen LogP contribution in [0, 0.1) is 12.7 Å². The maximum atomic E-state index is 13.3. The van der Waals surface area contributed by atoms with Gasteiger partial charge in [0.2, 0.25) is 0 Å². The van der Waals surface area contributed by atoms with E-state index >= 15 is 0 Å². The van der Waals surface area contributed by atoms with Gasteiger partial charge in [-0.2, -0.15) is 0 Å². The van der Waals surface area contributed by atoms with Gasteiger partial charge in [0.05, 0.1) is 11.1 Å². The topological polar surface area (TPSA) is 20.2 Å². The maximum Gasteiger partial charge on any atom is 0.142 e. The average molecular weight is 311 g/mol. The lowest BCUT2D eigenvalue weighted by Gasteiger charge is -2.12. The zero-order chi connectivity index (χ0) is 14.5. The van der Waals surface area contributed by atoms with Crippen LogP contribution < -0.4 is 0 Å². The summed E-state index contributed by atoms with van der Waals surface area (Å²) in [5, 5.41) is 10.2. The van der Waals surface area contributed by atoms with Crippen molar-refractivity contribution in [1.29, 1.82) is 0 Å². The second kappa shape index (κ2) is 7.11. The molecule has 1 unspecified atom stereocenters. The lowest BCUT2D eigenvalue weighted by molar-refractivity contribution is 0.200. The van der Waals surface area contributed by atoms with Crippen LogP contribution in [0.25, 0.3) is 0 Å². The molecule has 1 nitrogen and oxygen atoms in total. The number of aliphatic hydroxyl groups is 1. The molecule has 0 saturated heterocycles. The van der Waals surface area contributed by atoms with Crippen molar-refractivity contribution in [2.24, 2.45) is 0 Å². The number of halogens is 2. The Morgan fingerprint density at radius 3 is 2.70 bits per heavy atom. The fourth-order valence-corrected chi connectivity index (χ4v) is 3.09. The van der Waals surface area contributed by atoms with Crippen LogP contribution in [0.5, 0.6) is 0 Å². The molecule has 4 heteroatoms. The van der Waals surface area contributed by atoms with Gasteiger partial charge in [0.15, 0.2) is 0 Å². The van der Waals surface area contributed by atoms with Gasteiger partial charge in [-0.3, -0.25) is 0 Å². The molecule has 0 saturated carbocycles. The number of hydrogen-bond donors (Lipinski definition) is 1. The molecule has 106 valence electrons. The summed E-state index contributed by atoms with van der Waals surface area (Å²) < 4.78 is 13.3. The molecule has 1 atom stereocenters. The summed E-state index contributed by atoms with van der Waals surface area (Å²) in [5.74, 6) is 0.112. The Labute approximate surface area is 127 Å². The van der Waals surface area contributed by atoms with E-state index in [-0.39, 0.29) is 5.02 Å². The molecule has 1 N–H and O–H groups in total. The first-order valence-corrected chi connectivity index (χ1v) is 7.73. The van der Waals surface area contributed by atoms with Crippen LogP contribution in [0.4, 0.5) is 4.39 Å². The highest BCUT2D eigenvalue weighted by atomic mass is 35.5. The van der Waals surface area contributed by atoms with Gasteiger partial charge in [-0.25, -0.2) is 4.39 Å². The van der Waals surface area contributed by atoms with E-state index in [1.165, 1.54) is 11.6 Å². The lowest BCUT2D eigenvalue weighted by Crippen LogP contribution is -2.14. The third-order valence-electron chi connectivity index (χ3n) is 3.01. The molecule has 2 aromatic rings. The van der Waals surface area contributed by atoms with Crippen molar-refractivity contribution >= 4 is 23.4 Å². The van der Waals surface area contributed by atoms with Gasteiger partial charge in [0, 0.05) is 17.1 Å². The summed E-state index contributed by atoms with van der Waals surface area (Å²) in [7, 11) is 0. The molecule has 0 aromatic heterocycles. The summed E-state index contributed by atoms with van der Waals surface area (Å²) in [6, 6.07) is 12.7. The molecule has 0 radical (unpaired) electrons. The van der Waals surface area contributed by atoms with Gasteiger partial charge >= 0.3 is 0 Å². The molecule has 0 heterocycles. The van der Waals surface area contributed by atoms with Crippen LogP contribution in [-0.2, 0) is 6.42 Å². The van der Waals surface area contributed by atoms with Crippen LogP contribution in [0.15, 0.2) is 47.4 Å². The number of hydrogen-bond acceptors (Lipinski definition) is 2. The van der Waals surface area contributed by atoms with E-state index in [4.69, 9.17) is 11.6 Å². The Morgan fingerprint density at radius 1 is 1.20 bits per heavy atom. The molecule has 2 rings (SSSR count). The van der Waals surface area contributed by atoms with Gasteiger partial charge in [-0.15, -0.1) is 11.8 Å². The van der Waals surface area contributed by atoms with Crippen LogP contribution >= 0.6 is 23.4 Å². The number of aryl methyl sites for hydroxylation is 1. The first-order chi connectivity index (χ1) is 9.58. The SMILES string of the molecule is Cc1ccccc1SCC(O)Cc1cccc(F)c1Cl. The van der Waals surface area contributed by atoms with Crippen molar-refractivity contribution in [3.05, 3.63) is 64.4 Å². The van der Waals surface area contributed by atoms with Crippen LogP contribution in [0.1, 0.15) is 11.1 Å². The summed E-state index contributed by atoms with van der Waals surface area (Å²) >= 11 is 7.48. The highest BCUT2D eigenvalue weighted by Crippen LogP contribution is 2.25. The number of aliphatic hydroxyl groups excluding tert-OH is 1. The van der Waals surface area contributed by atoms with Crippen molar-refractivity contribution < 1.29 is 9.50 Å². The maximum absolute atomic E-state index is 13.3. The molecular weight excluding hydrogens is 295 g/mol. The van der Waals surface area contributed by atoms with E-state index in [0.717, 1.165) is 4.90 Å². The second-order valence-electron chi connectivity index (χ2n) is 4.65. The number of benzene rings is 2. The standard InChI is InChI=1S/C16H16ClFOS/c1-11-5-2-3-8-15(11)20-10-13(19)9-12-6-4-7-14(18)16(12)17/h2-8,13,19H,9-10H2,1H3. The lowest BCUT2D eigenvalue weighted by atomic mass is 10.1. The Bertz CT molecular complexity index is 588. The first kappa shape index (κ1) is 15.4. The molecule has 0 aliphatic carbocycles. The van der Waals surface area contributed by atoms with Crippen molar-refractivity contribution in [3.8, 4) is 0 Å². The van der Waals surface area contributed by atoms with E-state index in [2.05, 4.69) is 0 Å².